The maximum Gasteiger partial charge on any atom is 0.0649 e. The molecule has 2 heterocycles. The third-order valence-corrected chi connectivity index (χ3v) is 3.81. The average Bonchev–Trinajstić information content (AvgIpc) is 2.55. The second-order valence-electron chi connectivity index (χ2n) is 4.32. The van der Waals surface area contributed by atoms with Gasteiger partial charge >= 0.3 is 0 Å². The summed E-state index contributed by atoms with van der Waals surface area (Å²) in [5.41, 5.74) is 0.425. The topological polar surface area (TPSA) is 12.5 Å². The molecule has 0 aliphatic carbocycles. The first-order valence-electron chi connectivity index (χ1n) is 5.03. The van der Waals surface area contributed by atoms with Crippen LogP contribution in [0, 0.1) is 5.92 Å². The van der Waals surface area contributed by atoms with Crippen LogP contribution in [0.3, 0.4) is 0 Å². The summed E-state index contributed by atoms with van der Waals surface area (Å²) in [4.78, 5) is 2.64. The minimum atomic E-state index is 0.425. The lowest BCUT2D eigenvalue weighted by atomic mass is 9.85. The molecule has 2 atom stereocenters. The molecular weight excluding hydrogens is 150 g/mol. The third-order valence-electron chi connectivity index (χ3n) is 3.81. The zero-order valence-corrected chi connectivity index (χ0v) is 8.18. The van der Waals surface area contributed by atoms with Gasteiger partial charge in [-0.1, -0.05) is 6.92 Å². The molecule has 0 unspecified atom stereocenters. The van der Waals surface area contributed by atoms with Gasteiger partial charge in [-0.25, -0.2) is 0 Å². The predicted molar refractivity (Wildman–Crippen MR) is 49.2 cm³/mol. The molecule has 2 fully saturated rings. The lowest BCUT2D eigenvalue weighted by Crippen LogP contribution is -2.46. The molecule has 0 bridgehead atoms. The summed E-state index contributed by atoms with van der Waals surface area (Å²) in [6.45, 7) is 5.91. The van der Waals surface area contributed by atoms with Gasteiger partial charge in [-0.2, -0.15) is 0 Å². The molecular formula is C10H19NO. The van der Waals surface area contributed by atoms with Gasteiger partial charge in [0.2, 0.25) is 0 Å². The van der Waals surface area contributed by atoms with Crippen molar-refractivity contribution in [1.29, 1.82) is 0 Å². The Labute approximate surface area is 74.9 Å². The molecule has 2 rings (SSSR count). The van der Waals surface area contributed by atoms with Crippen LogP contribution in [-0.4, -0.2) is 37.2 Å². The Morgan fingerprint density at radius 2 is 2.33 bits per heavy atom. The SMILES string of the molecule is COC[C@@]12CCCN1CC[C@@H]2C. The van der Waals surface area contributed by atoms with E-state index in [0.717, 1.165) is 12.5 Å². The number of hydrogen-bond donors (Lipinski definition) is 0. The van der Waals surface area contributed by atoms with E-state index in [-0.39, 0.29) is 0 Å². The highest BCUT2D eigenvalue weighted by Gasteiger charge is 2.48. The van der Waals surface area contributed by atoms with Crippen LogP contribution >= 0.6 is 0 Å². The first-order valence-corrected chi connectivity index (χ1v) is 5.03. The van der Waals surface area contributed by atoms with Crippen LogP contribution in [0.2, 0.25) is 0 Å². The van der Waals surface area contributed by atoms with E-state index in [2.05, 4.69) is 11.8 Å². The summed E-state index contributed by atoms with van der Waals surface area (Å²) in [7, 11) is 1.83. The fraction of sp³-hybridized carbons (Fsp3) is 1.00. The second-order valence-corrected chi connectivity index (χ2v) is 4.32. The van der Waals surface area contributed by atoms with Crippen LogP contribution in [0.25, 0.3) is 0 Å². The van der Waals surface area contributed by atoms with Gasteiger partial charge in [-0.3, -0.25) is 4.90 Å². The Kier molecular flexibility index (Phi) is 2.13. The number of rotatable bonds is 2. The molecule has 0 radical (unpaired) electrons. The Hall–Kier alpha value is -0.0800. The second kappa shape index (κ2) is 3.00. The number of ether oxygens (including phenoxy) is 1. The molecule has 2 aliphatic rings. The molecule has 0 N–H and O–H groups in total. The van der Waals surface area contributed by atoms with Gasteiger partial charge in [0.15, 0.2) is 0 Å². The quantitative estimate of drug-likeness (QED) is 0.621. The predicted octanol–water partition coefficient (Wildman–Crippen LogP) is 1.51. The molecule has 2 heteroatoms. The molecule has 12 heavy (non-hydrogen) atoms. The number of methoxy groups -OCH3 is 1. The van der Waals surface area contributed by atoms with Gasteiger partial charge in [-0.15, -0.1) is 0 Å². The largest absolute Gasteiger partial charge is 0.383 e. The van der Waals surface area contributed by atoms with Crippen molar-refractivity contribution in [3.8, 4) is 0 Å². The van der Waals surface area contributed by atoms with E-state index in [1.165, 1.54) is 32.4 Å². The first-order chi connectivity index (χ1) is 5.79. The zero-order chi connectivity index (χ0) is 8.60. The summed E-state index contributed by atoms with van der Waals surface area (Å²) in [5, 5.41) is 0. The molecule has 0 aromatic heterocycles. The van der Waals surface area contributed by atoms with E-state index in [4.69, 9.17) is 4.74 Å². The fourth-order valence-corrected chi connectivity index (χ4v) is 3.02. The molecule has 2 saturated heterocycles. The summed E-state index contributed by atoms with van der Waals surface area (Å²) < 4.78 is 5.36. The van der Waals surface area contributed by atoms with E-state index < -0.39 is 0 Å². The fourth-order valence-electron chi connectivity index (χ4n) is 3.02. The van der Waals surface area contributed by atoms with E-state index in [9.17, 15) is 0 Å². The van der Waals surface area contributed by atoms with Crippen molar-refractivity contribution in [2.45, 2.75) is 31.7 Å². The highest BCUT2D eigenvalue weighted by molar-refractivity contribution is 5.03. The molecule has 2 aliphatic heterocycles. The van der Waals surface area contributed by atoms with Crippen LogP contribution in [0.5, 0.6) is 0 Å². The summed E-state index contributed by atoms with van der Waals surface area (Å²) in [6, 6.07) is 0. The minimum absolute atomic E-state index is 0.425. The van der Waals surface area contributed by atoms with Crippen molar-refractivity contribution in [2.75, 3.05) is 26.8 Å². The van der Waals surface area contributed by atoms with E-state index in [0.29, 0.717) is 5.54 Å². The van der Waals surface area contributed by atoms with Crippen LogP contribution in [0.4, 0.5) is 0 Å². The van der Waals surface area contributed by atoms with Gasteiger partial charge in [0, 0.05) is 12.6 Å². The smallest absolute Gasteiger partial charge is 0.0649 e. The van der Waals surface area contributed by atoms with Gasteiger partial charge in [0.1, 0.15) is 0 Å². The molecule has 70 valence electrons. The summed E-state index contributed by atoms with van der Waals surface area (Å²) in [5.74, 6) is 0.833. The summed E-state index contributed by atoms with van der Waals surface area (Å²) in [6.07, 6.45) is 4.08. The first kappa shape index (κ1) is 8.52. The minimum Gasteiger partial charge on any atom is -0.383 e. The van der Waals surface area contributed by atoms with E-state index in [1.807, 2.05) is 7.11 Å². The zero-order valence-electron chi connectivity index (χ0n) is 8.18. The standard InChI is InChI=1S/C10H19NO/c1-9-4-7-11-6-3-5-10(9,11)8-12-2/h9H,3-8H2,1-2H3/t9-,10+/m0/s1. The molecule has 0 aromatic rings. The molecule has 0 saturated carbocycles. The van der Waals surface area contributed by atoms with Crippen molar-refractivity contribution in [3.05, 3.63) is 0 Å². The third kappa shape index (κ3) is 1.01. The lowest BCUT2D eigenvalue weighted by Gasteiger charge is -2.35. The Balaban J connectivity index is 2.15. The maximum atomic E-state index is 5.36. The van der Waals surface area contributed by atoms with Crippen LogP contribution in [-0.2, 0) is 4.74 Å². The highest BCUT2D eigenvalue weighted by Crippen LogP contribution is 2.42. The van der Waals surface area contributed by atoms with Crippen molar-refractivity contribution >= 4 is 0 Å². The maximum absolute atomic E-state index is 5.36. The van der Waals surface area contributed by atoms with Gasteiger partial charge < -0.3 is 4.74 Å². The molecule has 2 nitrogen and oxygen atoms in total. The van der Waals surface area contributed by atoms with Crippen molar-refractivity contribution in [2.24, 2.45) is 5.92 Å². The Morgan fingerprint density at radius 1 is 1.50 bits per heavy atom. The van der Waals surface area contributed by atoms with Crippen molar-refractivity contribution < 1.29 is 4.74 Å². The van der Waals surface area contributed by atoms with Crippen LogP contribution < -0.4 is 0 Å². The van der Waals surface area contributed by atoms with Gasteiger partial charge in [0.25, 0.3) is 0 Å². The molecule has 0 aromatic carbocycles. The molecule has 0 amide bonds. The van der Waals surface area contributed by atoms with Crippen molar-refractivity contribution in [3.63, 3.8) is 0 Å². The van der Waals surface area contributed by atoms with Crippen molar-refractivity contribution in [1.82, 2.24) is 4.90 Å². The monoisotopic (exact) mass is 169 g/mol. The van der Waals surface area contributed by atoms with Gasteiger partial charge in [0.05, 0.1) is 6.61 Å². The Bertz CT molecular complexity index is 171. The molecule has 0 spiro atoms. The average molecular weight is 169 g/mol. The normalized spacial score (nSPS) is 42.0. The van der Waals surface area contributed by atoms with Crippen LogP contribution in [0.15, 0.2) is 0 Å². The van der Waals surface area contributed by atoms with E-state index >= 15 is 0 Å². The highest BCUT2D eigenvalue weighted by atomic mass is 16.5. The van der Waals surface area contributed by atoms with E-state index in [1.54, 1.807) is 0 Å². The number of nitrogens with zero attached hydrogens (tertiary/aromatic N) is 1. The number of fused-ring (bicyclic) bond motifs is 1. The lowest BCUT2D eigenvalue weighted by molar-refractivity contribution is 0.0431. The van der Waals surface area contributed by atoms with Gasteiger partial charge in [-0.05, 0) is 38.3 Å². The number of hydrogen-bond acceptors (Lipinski definition) is 2. The Morgan fingerprint density at radius 3 is 3.08 bits per heavy atom. The van der Waals surface area contributed by atoms with Crippen LogP contribution in [0.1, 0.15) is 26.2 Å². The summed E-state index contributed by atoms with van der Waals surface area (Å²) >= 11 is 0.